The van der Waals surface area contributed by atoms with E-state index < -0.39 is 0 Å². The molecule has 1 unspecified atom stereocenters. The van der Waals surface area contributed by atoms with Gasteiger partial charge < -0.3 is 9.80 Å². The van der Waals surface area contributed by atoms with Crippen LogP contribution in [-0.2, 0) is 4.79 Å². The second-order valence-corrected chi connectivity index (χ2v) is 8.82. The molecule has 0 bridgehead atoms. The van der Waals surface area contributed by atoms with Crippen LogP contribution in [-0.4, -0.2) is 49.1 Å². The van der Waals surface area contributed by atoms with Gasteiger partial charge in [-0.15, -0.1) is 0 Å². The summed E-state index contributed by atoms with van der Waals surface area (Å²) in [6.07, 6.45) is 7.02. The third-order valence-corrected chi connectivity index (χ3v) is 6.52. The lowest BCUT2D eigenvalue weighted by molar-refractivity contribution is -0.119. The van der Waals surface area contributed by atoms with Crippen molar-refractivity contribution in [3.63, 3.8) is 0 Å². The van der Waals surface area contributed by atoms with Crippen molar-refractivity contribution >= 4 is 23.7 Å². The molecule has 0 aromatic heterocycles. The molecule has 0 radical (unpaired) electrons. The van der Waals surface area contributed by atoms with Crippen LogP contribution in [0, 0.1) is 5.92 Å². The van der Waals surface area contributed by atoms with Crippen LogP contribution in [0.1, 0.15) is 86.4 Å². The predicted molar refractivity (Wildman–Crippen MR) is 127 cm³/mol. The molecule has 0 saturated carbocycles. The molecule has 31 heavy (non-hydrogen) atoms. The van der Waals surface area contributed by atoms with Crippen molar-refractivity contribution in [2.45, 2.75) is 71.8 Å². The minimum absolute atomic E-state index is 0.175. The Morgan fingerprint density at radius 1 is 1.26 bits per heavy atom. The van der Waals surface area contributed by atoms with Crippen LogP contribution >= 0.6 is 0 Å². The molecular weight excluding hydrogens is 388 g/mol. The largest absolute Gasteiger partial charge is 0.371 e. The third kappa shape index (κ3) is 6.52. The SMILES string of the molecule is C=C(C)C(CCC(=O)CC)N(C)C(=O)c1cc(N2CCC(CCC)CC2)ccc1C=O. The second kappa shape index (κ2) is 11.8. The Bertz CT molecular complexity index is 794. The summed E-state index contributed by atoms with van der Waals surface area (Å²) in [6.45, 7) is 11.9. The zero-order valence-corrected chi connectivity index (χ0v) is 19.7. The molecule has 1 aromatic rings. The second-order valence-electron chi connectivity index (χ2n) is 8.82. The Balaban J connectivity index is 2.21. The van der Waals surface area contributed by atoms with Crippen molar-refractivity contribution in [1.29, 1.82) is 0 Å². The average molecular weight is 427 g/mol. The number of nitrogens with zero attached hydrogens (tertiary/aromatic N) is 2. The summed E-state index contributed by atoms with van der Waals surface area (Å²) in [5.74, 6) is 0.751. The number of amides is 1. The fraction of sp³-hybridized carbons (Fsp3) is 0.577. The Kier molecular flexibility index (Phi) is 9.47. The van der Waals surface area contributed by atoms with Gasteiger partial charge in [0, 0.05) is 44.2 Å². The van der Waals surface area contributed by atoms with E-state index in [1.54, 1.807) is 18.0 Å². The molecule has 1 atom stereocenters. The Hall–Kier alpha value is -2.43. The standard InChI is InChI=1S/C26H38N2O3/c1-6-8-20-13-15-28(16-14-20)22-10-9-21(18-29)24(17-22)26(31)27(5)25(19(3)4)12-11-23(30)7-2/h9-10,17-18,20,25H,3,6-8,11-16H2,1-2,4-5H3. The smallest absolute Gasteiger partial charge is 0.254 e. The van der Waals surface area contributed by atoms with Crippen LogP contribution in [0.5, 0.6) is 0 Å². The van der Waals surface area contributed by atoms with Gasteiger partial charge in [0.25, 0.3) is 5.91 Å². The molecule has 0 aliphatic carbocycles. The molecule has 1 saturated heterocycles. The van der Waals surface area contributed by atoms with E-state index in [-0.39, 0.29) is 17.7 Å². The van der Waals surface area contributed by atoms with Gasteiger partial charge in [0.1, 0.15) is 5.78 Å². The number of Topliss-reactive ketones (excluding diaryl/α,β-unsaturated/α-hetero) is 1. The molecule has 170 valence electrons. The molecule has 5 heteroatoms. The van der Waals surface area contributed by atoms with Gasteiger partial charge in [-0.3, -0.25) is 14.4 Å². The number of carbonyl (C=O) groups excluding carboxylic acids is 3. The summed E-state index contributed by atoms with van der Waals surface area (Å²) < 4.78 is 0. The minimum Gasteiger partial charge on any atom is -0.371 e. The number of hydrogen-bond acceptors (Lipinski definition) is 4. The van der Waals surface area contributed by atoms with Crippen LogP contribution in [0.3, 0.4) is 0 Å². The highest BCUT2D eigenvalue weighted by Crippen LogP contribution is 2.28. The number of ketones is 1. The van der Waals surface area contributed by atoms with Crippen molar-refractivity contribution < 1.29 is 14.4 Å². The fourth-order valence-electron chi connectivity index (χ4n) is 4.49. The van der Waals surface area contributed by atoms with Gasteiger partial charge in [-0.1, -0.05) is 38.8 Å². The average Bonchev–Trinajstić information content (AvgIpc) is 2.78. The molecule has 0 spiro atoms. The normalized spacial score (nSPS) is 15.4. The first-order valence-corrected chi connectivity index (χ1v) is 11.6. The molecule has 0 N–H and O–H groups in total. The van der Waals surface area contributed by atoms with Crippen LogP contribution in [0.4, 0.5) is 5.69 Å². The molecule has 1 aliphatic rings. The van der Waals surface area contributed by atoms with Gasteiger partial charge in [0.2, 0.25) is 0 Å². The van der Waals surface area contributed by atoms with E-state index in [1.807, 2.05) is 26.0 Å². The van der Waals surface area contributed by atoms with Crippen LogP contribution in [0.25, 0.3) is 0 Å². The summed E-state index contributed by atoms with van der Waals surface area (Å²) in [6, 6.07) is 5.31. The highest BCUT2D eigenvalue weighted by molar-refractivity contribution is 6.02. The summed E-state index contributed by atoms with van der Waals surface area (Å²) in [5, 5.41) is 0. The number of piperidine rings is 1. The van der Waals surface area contributed by atoms with Crippen LogP contribution in [0.15, 0.2) is 30.4 Å². The number of anilines is 1. The minimum atomic E-state index is -0.240. The van der Waals surface area contributed by atoms with Crippen molar-refractivity contribution in [3.8, 4) is 0 Å². The van der Waals surface area contributed by atoms with E-state index in [9.17, 15) is 14.4 Å². The number of likely N-dealkylation sites (N-methyl/N-ethyl adjacent to an activating group) is 1. The van der Waals surface area contributed by atoms with E-state index in [0.29, 0.717) is 30.4 Å². The van der Waals surface area contributed by atoms with Crippen molar-refractivity contribution in [1.82, 2.24) is 4.90 Å². The van der Waals surface area contributed by atoms with E-state index >= 15 is 0 Å². The summed E-state index contributed by atoms with van der Waals surface area (Å²) in [5.41, 5.74) is 2.64. The fourth-order valence-corrected chi connectivity index (χ4v) is 4.49. The van der Waals surface area contributed by atoms with E-state index in [4.69, 9.17) is 0 Å². The van der Waals surface area contributed by atoms with E-state index in [2.05, 4.69) is 18.4 Å². The lowest BCUT2D eigenvalue weighted by atomic mass is 9.92. The Morgan fingerprint density at radius 2 is 1.94 bits per heavy atom. The highest BCUT2D eigenvalue weighted by Gasteiger charge is 2.26. The number of rotatable bonds is 11. The number of hydrogen-bond donors (Lipinski definition) is 0. The molecular formula is C26H38N2O3. The topological polar surface area (TPSA) is 57.7 Å². The Labute approximate surface area is 187 Å². The van der Waals surface area contributed by atoms with Crippen LogP contribution < -0.4 is 4.90 Å². The number of carbonyl (C=O) groups is 3. The summed E-state index contributed by atoms with van der Waals surface area (Å²) >= 11 is 0. The first-order valence-electron chi connectivity index (χ1n) is 11.6. The van der Waals surface area contributed by atoms with Gasteiger partial charge in [-0.05, 0) is 50.3 Å². The van der Waals surface area contributed by atoms with Crippen molar-refractivity contribution in [3.05, 3.63) is 41.5 Å². The maximum atomic E-state index is 13.4. The van der Waals surface area contributed by atoms with E-state index in [1.165, 1.54) is 12.8 Å². The zero-order chi connectivity index (χ0) is 23.0. The quantitative estimate of drug-likeness (QED) is 0.356. The van der Waals surface area contributed by atoms with E-state index in [0.717, 1.165) is 49.4 Å². The molecule has 2 rings (SSSR count). The third-order valence-electron chi connectivity index (χ3n) is 6.52. The van der Waals surface area contributed by atoms with Gasteiger partial charge in [-0.2, -0.15) is 0 Å². The molecule has 5 nitrogen and oxygen atoms in total. The zero-order valence-electron chi connectivity index (χ0n) is 19.7. The maximum Gasteiger partial charge on any atom is 0.254 e. The maximum absolute atomic E-state index is 13.4. The first-order chi connectivity index (χ1) is 14.8. The Morgan fingerprint density at radius 3 is 2.48 bits per heavy atom. The molecule has 1 aromatic carbocycles. The van der Waals surface area contributed by atoms with Crippen LogP contribution in [0.2, 0.25) is 0 Å². The first kappa shape index (κ1) is 24.8. The summed E-state index contributed by atoms with van der Waals surface area (Å²) in [7, 11) is 1.73. The lowest BCUT2D eigenvalue weighted by Gasteiger charge is -2.34. The number of aldehydes is 1. The van der Waals surface area contributed by atoms with Gasteiger partial charge in [0.15, 0.2) is 6.29 Å². The van der Waals surface area contributed by atoms with Crippen molar-refractivity contribution in [2.75, 3.05) is 25.0 Å². The summed E-state index contributed by atoms with van der Waals surface area (Å²) in [4.78, 5) is 40.8. The van der Waals surface area contributed by atoms with Gasteiger partial charge in [-0.25, -0.2) is 0 Å². The molecule has 1 aliphatic heterocycles. The molecule has 1 fully saturated rings. The number of benzene rings is 1. The van der Waals surface area contributed by atoms with Gasteiger partial charge in [0.05, 0.1) is 11.6 Å². The predicted octanol–water partition coefficient (Wildman–Crippen LogP) is 5.29. The lowest BCUT2D eigenvalue weighted by Crippen LogP contribution is -2.39. The monoisotopic (exact) mass is 426 g/mol. The van der Waals surface area contributed by atoms with Crippen molar-refractivity contribution in [2.24, 2.45) is 5.92 Å². The van der Waals surface area contributed by atoms with Gasteiger partial charge >= 0.3 is 0 Å². The molecule has 1 amide bonds. The highest BCUT2D eigenvalue weighted by atomic mass is 16.2. The molecule has 1 heterocycles.